The predicted octanol–water partition coefficient (Wildman–Crippen LogP) is 7.87. The number of carbonyl (C=O) groups is 1. The monoisotopic (exact) mass is 542 g/mol. The molecule has 1 saturated carbocycles. The second-order valence-electron chi connectivity index (χ2n) is 9.38. The van der Waals surface area contributed by atoms with Gasteiger partial charge in [0.15, 0.2) is 0 Å². The van der Waals surface area contributed by atoms with Gasteiger partial charge in [0.25, 0.3) is 0 Å². The van der Waals surface area contributed by atoms with E-state index in [-0.39, 0.29) is 16.5 Å². The molecule has 1 fully saturated rings. The number of hydrogen-bond acceptors (Lipinski definition) is 3. The maximum absolute atomic E-state index is 14.0. The Morgan fingerprint density at radius 1 is 1.00 bits per heavy atom. The van der Waals surface area contributed by atoms with Gasteiger partial charge in [-0.2, -0.15) is 13.2 Å². The molecule has 0 aromatic heterocycles. The molecule has 5 rings (SSSR count). The minimum Gasteiger partial charge on any atom is -0.478 e. The molecule has 1 aliphatic carbocycles. The van der Waals surface area contributed by atoms with Gasteiger partial charge in [0.1, 0.15) is 11.9 Å². The molecule has 1 atom stereocenters. The number of carboxylic acids is 1. The summed E-state index contributed by atoms with van der Waals surface area (Å²) in [7, 11) is 0. The summed E-state index contributed by atoms with van der Waals surface area (Å²) in [6, 6.07) is 14.3. The molecule has 0 spiro atoms. The molecule has 0 radical (unpaired) electrons. The Balaban J connectivity index is 1.74. The first-order valence-corrected chi connectivity index (χ1v) is 12.4. The second kappa shape index (κ2) is 10.3. The zero-order chi connectivity index (χ0) is 27.0. The fourth-order valence-electron chi connectivity index (χ4n) is 4.93. The number of rotatable bonds is 6. The quantitative estimate of drug-likeness (QED) is 0.168. The lowest BCUT2D eigenvalue weighted by Gasteiger charge is -2.32. The van der Waals surface area contributed by atoms with Gasteiger partial charge in [-0.25, -0.2) is 14.6 Å². The highest BCUT2D eigenvalue weighted by atomic mass is 35.5. The highest BCUT2D eigenvalue weighted by molar-refractivity contribution is 6.32. The zero-order valence-corrected chi connectivity index (χ0v) is 20.7. The molecule has 3 aromatic rings. The van der Waals surface area contributed by atoms with Gasteiger partial charge < -0.3 is 10.5 Å². The standard InChI is InChI=1S/C29H23ClF4N2O2/c30-23-15-20(31)10-11-21(23)27(17-2-1-3-17)26(18-7-4-16(5-8-18)6-13-25(37)38)19-9-12-24-22(14-19)28(36-35-24)29(32,33)34/h4-15,17,28,35-36H,1-3H2,(H,37,38)/b13-6+,27-26+. The van der Waals surface area contributed by atoms with Crippen LogP contribution in [0.3, 0.4) is 0 Å². The molecule has 3 N–H and O–H groups in total. The van der Waals surface area contributed by atoms with Crippen LogP contribution in [0.4, 0.5) is 23.2 Å². The Hall–Kier alpha value is -3.62. The summed E-state index contributed by atoms with van der Waals surface area (Å²) in [6.45, 7) is 0. The molecular weight excluding hydrogens is 520 g/mol. The molecule has 0 bridgehead atoms. The van der Waals surface area contributed by atoms with Gasteiger partial charge in [0.2, 0.25) is 0 Å². The number of hydrazine groups is 1. The van der Waals surface area contributed by atoms with Gasteiger partial charge in [0, 0.05) is 11.6 Å². The number of halogens is 5. The number of fused-ring (bicyclic) bond motifs is 1. The first-order chi connectivity index (χ1) is 18.1. The third-order valence-electron chi connectivity index (χ3n) is 6.95. The lowest BCUT2D eigenvalue weighted by molar-refractivity contribution is -0.154. The minimum atomic E-state index is -4.50. The molecule has 196 valence electrons. The molecular formula is C29H23ClF4N2O2. The maximum Gasteiger partial charge on any atom is 0.409 e. The van der Waals surface area contributed by atoms with Crippen LogP contribution >= 0.6 is 11.6 Å². The van der Waals surface area contributed by atoms with Crippen LogP contribution in [0, 0.1) is 11.7 Å². The van der Waals surface area contributed by atoms with Crippen molar-refractivity contribution in [3.05, 3.63) is 105 Å². The van der Waals surface area contributed by atoms with E-state index in [1.807, 2.05) is 0 Å². The van der Waals surface area contributed by atoms with Crippen molar-refractivity contribution in [1.29, 1.82) is 0 Å². The molecule has 2 aliphatic rings. The van der Waals surface area contributed by atoms with E-state index in [2.05, 4.69) is 10.9 Å². The van der Waals surface area contributed by atoms with Crippen LogP contribution in [-0.4, -0.2) is 17.3 Å². The summed E-state index contributed by atoms with van der Waals surface area (Å²) in [5.41, 5.74) is 9.46. The minimum absolute atomic E-state index is 0.0756. The Kier molecular flexibility index (Phi) is 7.03. The van der Waals surface area contributed by atoms with Crippen LogP contribution in [0.5, 0.6) is 0 Å². The summed E-state index contributed by atoms with van der Waals surface area (Å²) in [5, 5.41) is 9.16. The van der Waals surface area contributed by atoms with E-state index in [0.717, 1.165) is 36.5 Å². The second-order valence-corrected chi connectivity index (χ2v) is 9.79. The van der Waals surface area contributed by atoms with Crippen LogP contribution < -0.4 is 10.9 Å². The molecule has 4 nitrogen and oxygen atoms in total. The van der Waals surface area contributed by atoms with Gasteiger partial charge in [-0.3, -0.25) is 0 Å². The average Bonchev–Trinajstić information content (AvgIpc) is 3.26. The van der Waals surface area contributed by atoms with Crippen molar-refractivity contribution in [2.24, 2.45) is 5.92 Å². The van der Waals surface area contributed by atoms with Crippen LogP contribution in [0.2, 0.25) is 5.02 Å². The van der Waals surface area contributed by atoms with Gasteiger partial charge in [0.05, 0.1) is 10.7 Å². The highest BCUT2D eigenvalue weighted by Crippen LogP contribution is 2.48. The first-order valence-electron chi connectivity index (χ1n) is 12.1. The van der Waals surface area contributed by atoms with E-state index in [0.29, 0.717) is 28.0 Å². The van der Waals surface area contributed by atoms with Gasteiger partial charge >= 0.3 is 12.1 Å². The highest BCUT2D eigenvalue weighted by Gasteiger charge is 2.45. The number of hydrogen-bond donors (Lipinski definition) is 3. The number of aliphatic carboxylic acids is 1. The zero-order valence-electron chi connectivity index (χ0n) is 19.9. The number of alkyl halides is 3. The van der Waals surface area contributed by atoms with Crippen molar-refractivity contribution in [3.63, 3.8) is 0 Å². The van der Waals surface area contributed by atoms with Crippen molar-refractivity contribution in [2.75, 3.05) is 5.43 Å². The van der Waals surface area contributed by atoms with Crippen LogP contribution in [0.15, 0.2) is 66.7 Å². The van der Waals surface area contributed by atoms with E-state index in [4.69, 9.17) is 16.7 Å². The number of anilines is 1. The summed E-state index contributed by atoms with van der Waals surface area (Å²) >= 11 is 6.53. The molecule has 1 heterocycles. The smallest absolute Gasteiger partial charge is 0.409 e. The SMILES string of the molecule is O=C(O)/C=C/c1ccc(/C(=C(\c2ccc(F)cc2Cl)C2CCC2)c2ccc3c(c2)C(C(F)(F)F)NN3)cc1. The topological polar surface area (TPSA) is 61.4 Å². The average molecular weight is 543 g/mol. The summed E-state index contributed by atoms with van der Waals surface area (Å²) in [6.07, 6.45) is 0.709. The van der Waals surface area contributed by atoms with Gasteiger partial charge in [-0.1, -0.05) is 54.4 Å². The van der Waals surface area contributed by atoms with E-state index in [1.165, 1.54) is 24.3 Å². The van der Waals surface area contributed by atoms with Crippen molar-refractivity contribution in [3.8, 4) is 0 Å². The van der Waals surface area contributed by atoms with Gasteiger partial charge in [-0.15, -0.1) is 0 Å². The normalized spacial score (nSPS) is 18.1. The third kappa shape index (κ3) is 5.19. The Morgan fingerprint density at radius 3 is 2.32 bits per heavy atom. The summed E-state index contributed by atoms with van der Waals surface area (Å²) in [5.74, 6) is -1.47. The number of benzene rings is 3. The van der Waals surface area contributed by atoms with Crippen molar-refractivity contribution in [2.45, 2.75) is 31.5 Å². The molecule has 0 amide bonds. The Labute approximate surface area is 221 Å². The van der Waals surface area contributed by atoms with Gasteiger partial charge in [-0.05, 0) is 82.5 Å². The molecule has 3 aromatic carbocycles. The summed E-state index contributed by atoms with van der Waals surface area (Å²) in [4.78, 5) is 10.9. The van der Waals surface area contributed by atoms with E-state index < -0.39 is 24.0 Å². The first kappa shape index (κ1) is 26.0. The lowest BCUT2D eigenvalue weighted by atomic mass is 9.73. The predicted molar refractivity (Wildman–Crippen MR) is 140 cm³/mol. The molecule has 1 aliphatic heterocycles. The van der Waals surface area contributed by atoms with Crippen molar-refractivity contribution >= 4 is 40.5 Å². The molecule has 1 unspecified atom stereocenters. The Morgan fingerprint density at radius 2 is 1.71 bits per heavy atom. The number of carboxylic acid groups (broad SMARTS) is 1. The number of nitrogens with one attached hydrogen (secondary N) is 2. The third-order valence-corrected chi connectivity index (χ3v) is 7.26. The van der Waals surface area contributed by atoms with E-state index in [9.17, 15) is 22.4 Å². The lowest BCUT2D eigenvalue weighted by Crippen LogP contribution is -2.31. The van der Waals surface area contributed by atoms with Crippen molar-refractivity contribution < 1.29 is 27.5 Å². The van der Waals surface area contributed by atoms with Crippen molar-refractivity contribution in [1.82, 2.24) is 5.43 Å². The largest absolute Gasteiger partial charge is 0.478 e. The fraction of sp³-hybridized carbons (Fsp3) is 0.207. The van der Waals surface area contributed by atoms with Crippen LogP contribution in [0.25, 0.3) is 17.2 Å². The van der Waals surface area contributed by atoms with Crippen LogP contribution in [-0.2, 0) is 4.79 Å². The Bertz CT molecular complexity index is 1440. The summed E-state index contributed by atoms with van der Waals surface area (Å²) < 4.78 is 55.2. The number of allylic oxidation sites excluding steroid dienone is 1. The molecule has 0 saturated heterocycles. The maximum atomic E-state index is 14.0. The molecule has 38 heavy (non-hydrogen) atoms. The fourth-order valence-corrected chi connectivity index (χ4v) is 5.20. The van der Waals surface area contributed by atoms with E-state index in [1.54, 1.807) is 42.5 Å². The van der Waals surface area contributed by atoms with Crippen LogP contribution in [0.1, 0.15) is 53.1 Å². The molecule has 9 heteroatoms. The van der Waals surface area contributed by atoms with E-state index >= 15 is 0 Å².